The third-order valence-corrected chi connectivity index (χ3v) is 16.6. The minimum Gasteiger partial charge on any atom is -0.103 e. The minimum absolute atomic E-state index is 0.0758. The van der Waals surface area contributed by atoms with Gasteiger partial charge in [0.1, 0.15) is 0 Å². The van der Waals surface area contributed by atoms with E-state index < -0.39 is 8.07 Å². The summed E-state index contributed by atoms with van der Waals surface area (Å²) >= 11 is 0. The van der Waals surface area contributed by atoms with Crippen molar-refractivity contribution in [3.63, 3.8) is 0 Å². The van der Waals surface area contributed by atoms with E-state index in [0.717, 1.165) is 5.54 Å². The van der Waals surface area contributed by atoms with Crippen molar-refractivity contribution < 1.29 is 0 Å². The summed E-state index contributed by atoms with van der Waals surface area (Å²) < 4.78 is 0. The molecule has 45 heavy (non-hydrogen) atoms. The Balaban J connectivity index is 1.64. The van der Waals surface area contributed by atoms with Crippen LogP contribution in [0.25, 0.3) is 0 Å². The molecule has 0 bridgehead atoms. The molecule has 0 nitrogen and oxygen atoms in total. The Morgan fingerprint density at radius 2 is 1.16 bits per heavy atom. The molecule has 2 fully saturated rings. The van der Waals surface area contributed by atoms with Gasteiger partial charge in [-0.1, -0.05) is 164 Å². The zero-order chi connectivity index (χ0) is 32.2. The summed E-state index contributed by atoms with van der Waals surface area (Å²) in [5.41, 5.74) is 7.11. The van der Waals surface area contributed by atoms with Crippen LogP contribution in [-0.4, -0.2) is 8.07 Å². The van der Waals surface area contributed by atoms with Crippen LogP contribution in [0.15, 0.2) is 121 Å². The average molecular weight is 615 g/mol. The van der Waals surface area contributed by atoms with Gasteiger partial charge in [-0.3, -0.25) is 0 Å². The molecule has 0 N–H and O–H groups in total. The molecule has 2 aromatic carbocycles. The van der Waals surface area contributed by atoms with E-state index in [1.54, 1.807) is 0 Å². The molecule has 6 rings (SSSR count). The van der Waals surface area contributed by atoms with Gasteiger partial charge in [0.2, 0.25) is 0 Å². The molecule has 4 aliphatic rings. The number of rotatable bonds is 7. The second-order valence-electron chi connectivity index (χ2n) is 17.6. The number of benzene rings is 2. The molecule has 238 valence electrons. The summed E-state index contributed by atoms with van der Waals surface area (Å²) in [5, 5.41) is 0. The zero-order valence-electron chi connectivity index (χ0n) is 29.4. The Bertz CT molecular complexity index is 1390. The van der Waals surface area contributed by atoms with Crippen molar-refractivity contribution >= 4 is 8.07 Å². The van der Waals surface area contributed by atoms with Gasteiger partial charge in [0, 0.05) is 5.41 Å². The summed E-state index contributed by atoms with van der Waals surface area (Å²) in [7, 11) is -1.44. The first-order chi connectivity index (χ1) is 21.3. The highest BCUT2D eigenvalue weighted by atomic mass is 28.3. The fourth-order valence-corrected chi connectivity index (χ4v) is 13.1. The highest BCUT2D eigenvalue weighted by Gasteiger charge is 2.61. The van der Waals surface area contributed by atoms with Gasteiger partial charge in [-0.25, -0.2) is 0 Å². The number of fused-ring (bicyclic) bond motifs is 3. The van der Waals surface area contributed by atoms with E-state index in [4.69, 9.17) is 0 Å². The lowest BCUT2D eigenvalue weighted by Crippen LogP contribution is -2.48. The molecule has 0 spiro atoms. The Labute approximate surface area is 276 Å². The molecular weight excluding hydrogens is 557 g/mol. The predicted molar refractivity (Wildman–Crippen MR) is 198 cm³/mol. The largest absolute Gasteiger partial charge is 0.103 e. The van der Waals surface area contributed by atoms with Crippen LogP contribution >= 0.6 is 0 Å². The van der Waals surface area contributed by atoms with Crippen molar-refractivity contribution in [2.24, 2.45) is 46.3 Å². The summed E-state index contributed by atoms with van der Waals surface area (Å²) in [6.45, 7) is 23.8. The van der Waals surface area contributed by atoms with Crippen molar-refractivity contribution in [2.75, 3.05) is 0 Å². The van der Waals surface area contributed by atoms with Crippen LogP contribution in [0.4, 0.5) is 0 Å². The van der Waals surface area contributed by atoms with Crippen molar-refractivity contribution in [1.29, 1.82) is 0 Å². The van der Waals surface area contributed by atoms with Gasteiger partial charge >= 0.3 is 0 Å². The van der Waals surface area contributed by atoms with Crippen LogP contribution in [-0.2, 0) is 5.41 Å². The quantitative estimate of drug-likeness (QED) is 0.215. The highest BCUT2D eigenvalue weighted by molar-refractivity contribution is 6.79. The molecule has 0 saturated heterocycles. The molecule has 0 aromatic heterocycles. The van der Waals surface area contributed by atoms with Gasteiger partial charge in [0.15, 0.2) is 0 Å². The monoisotopic (exact) mass is 614 g/mol. The third-order valence-electron chi connectivity index (χ3n) is 12.5. The molecular formula is C44H58Si. The van der Waals surface area contributed by atoms with Crippen molar-refractivity contribution in [1.82, 2.24) is 0 Å². The van der Waals surface area contributed by atoms with E-state index in [-0.39, 0.29) is 16.2 Å². The molecule has 6 atom stereocenters. The maximum Gasteiger partial charge on any atom is 0.0542 e. The van der Waals surface area contributed by atoms with Crippen LogP contribution < -0.4 is 0 Å². The van der Waals surface area contributed by atoms with Gasteiger partial charge in [0.25, 0.3) is 0 Å². The van der Waals surface area contributed by atoms with Gasteiger partial charge in [-0.05, 0) is 93.0 Å². The highest BCUT2D eigenvalue weighted by Crippen LogP contribution is 2.66. The molecule has 2 aromatic rings. The van der Waals surface area contributed by atoms with E-state index in [1.807, 2.05) is 0 Å². The molecule has 0 radical (unpaired) electrons. The van der Waals surface area contributed by atoms with Crippen LogP contribution in [0, 0.1) is 46.3 Å². The van der Waals surface area contributed by atoms with Crippen LogP contribution in [0.3, 0.4) is 0 Å². The van der Waals surface area contributed by atoms with Crippen molar-refractivity contribution in [2.45, 2.75) is 90.9 Å². The molecule has 0 aliphatic heterocycles. The summed E-state index contributed by atoms with van der Waals surface area (Å²) in [5.74, 6) is 3.08. The van der Waals surface area contributed by atoms with Crippen molar-refractivity contribution in [3.8, 4) is 0 Å². The van der Waals surface area contributed by atoms with Crippen LogP contribution in [0.5, 0.6) is 0 Å². The van der Waals surface area contributed by atoms with E-state index >= 15 is 0 Å². The van der Waals surface area contributed by atoms with Gasteiger partial charge in [-0.15, -0.1) is 6.58 Å². The fourth-order valence-electron chi connectivity index (χ4n) is 10.1. The van der Waals surface area contributed by atoms with E-state index in [9.17, 15) is 0 Å². The topological polar surface area (TPSA) is 0 Å². The second kappa shape index (κ2) is 11.9. The summed E-state index contributed by atoms with van der Waals surface area (Å²) in [4.78, 5) is 0. The SMILES string of the molecule is C=CC[Si](C)(C)C1CCC(C(c2ccccc2)(c2ccccc2)C2C3C=C(C(C)(C)C)C=CC3C3C=CC(C(C)(C)C)=CC32)C1. The average Bonchev–Trinajstić information content (AvgIpc) is 3.63. The lowest BCUT2D eigenvalue weighted by atomic mass is 9.53. The molecule has 2 saturated carbocycles. The predicted octanol–water partition coefficient (Wildman–Crippen LogP) is 12.2. The maximum absolute atomic E-state index is 4.20. The van der Waals surface area contributed by atoms with Crippen LogP contribution in [0.1, 0.15) is 71.9 Å². The standard InChI is InChI=1S/C44H58Si/c1-10-27-45(8,9)36-24-21-35(28-36)44(31-17-13-11-14-18-31,32-19-15-12-16-20-32)41-39-29-33(42(2,3)4)22-25-37(39)38-26-23-34(30-40(38)41)43(5,6)7/h10-20,22-23,25-26,29-30,35-41H,1,21,24,27-28H2,2-9H3. The molecule has 4 aliphatic carbocycles. The maximum atomic E-state index is 4.20. The van der Waals surface area contributed by atoms with E-state index in [1.165, 1.54) is 47.6 Å². The molecule has 6 unspecified atom stereocenters. The minimum atomic E-state index is -1.44. The van der Waals surface area contributed by atoms with Gasteiger partial charge < -0.3 is 0 Å². The number of hydrogen-bond acceptors (Lipinski definition) is 0. The Kier molecular flexibility index (Phi) is 8.51. The number of hydrogen-bond donors (Lipinski definition) is 0. The Morgan fingerprint density at radius 3 is 1.58 bits per heavy atom. The lowest BCUT2D eigenvalue weighted by Gasteiger charge is -2.50. The summed E-state index contributed by atoms with van der Waals surface area (Å²) in [6, 6.07) is 24.9. The molecule has 0 heterocycles. The van der Waals surface area contributed by atoms with E-state index in [2.05, 4.69) is 164 Å². The zero-order valence-corrected chi connectivity index (χ0v) is 30.4. The lowest BCUT2D eigenvalue weighted by molar-refractivity contribution is 0.157. The van der Waals surface area contributed by atoms with Gasteiger partial charge in [0.05, 0.1) is 8.07 Å². The Morgan fingerprint density at radius 1 is 0.689 bits per heavy atom. The first-order valence-electron chi connectivity index (χ1n) is 17.8. The fraction of sp³-hybridized carbons (Fsp3) is 0.500. The van der Waals surface area contributed by atoms with Crippen LogP contribution in [0.2, 0.25) is 24.7 Å². The molecule has 1 heteroatoms. The van der Waals surface area contributed by atoms with E-state index in [0.29, 0.717) is 35.5 Å². The first-order valence-corrected chi connectivity index (χ1v) is 21.1. The smallest absolute Gasteiger partial charge is 0.0542 e. The molecule has 0 amide bonds. The third kappa shape index (κ3) is 5.66. The normalized spacial score (nSPS) is 30.0. The van der Waals surface area contributed by atoms with Crippen molar-refractivity contribution in [3.05, 3.63) is 132 Å². The first kappa shape index (κ1) is 32.3. The number of allylic oxidation sites excluding steroid dienone is 9. The Hall–Kier alpha value is -2.64. The van der Waals surface area contributed by atoms with Gasteiger partial charge in [-0.2, -0.15) is 0 Å². The second-order valence-corrected chi connectivity index (χ2v) is 22.8. The summed E-state index contributed by atoms with van der Waals surface area (Å²) in [6.07, 6.45) is 22.0.